The van der Waals surface area contributed by atoms with Crippen molar-refractivity contribution in [3.05, 3.63) is 104 Å². The highest BCUT2D eigenvalue weighted by Gasteiger charge is 2.24. The average molecular weight is 478 g/mol. The van der Waals surface area contributed by atoms with E-state index in [9.17, 15) is 29.8 Å². The summed E-state index contributed by atoms with van der Waals surface area (Å²) in [5.74, 6) is -1.83. The highest BCUT2D eigenvalue weighted by Crippen LogP contribution is 2.26. The van der Waals surface area contributed by atoms with Crippen LogP contribution in [0.3, 0.4) is 0 Å². The Balaban J connectivity index is 1.99. The molecule has 10 nitrogen and oxygen atoms in total. The average Bonchev–Trinajstić information content (AvgIpc) is 2.83. The number of rotatable bonds is 8. The van der Waals surface area contributed by atoms with Gasteiger partial charge in [0.25, 0.3) is 23.2 Å². The predicted octanol–water partition coefficient (Wildman–Crippen LogP) is 4.89. The summed E-state index contributed by atoms with van der Waals surface area (Å²) in [6.07, 6.45) is 3.20. The predicted molar refractivity (Wildman–Crippen MR) is 130 cm³/mol. The lowest BCUT2D eigenvalue weighted by Crippen LogP contribution is -2.26. The molecular formula is C23H18N4O6S. The lowest BCUT2D eigenvalue weighted by Gasteiger charge is -2.11. The molecule has 0 fully saturated rings. The SMILES string of the molecule is CSc1ccc(C=C(C(=O)Nc2ccccc2[N+](=O)[O-])C(=O)Nc2ccccc2[N+](=O)[O-])cc1. The molecule has 0 spiro atoms. The Bertz CT molecular complexity index is 1220. The Morgan fingerprint density at radius 2 is 1.21 bits per heavy atom. The largest absolute Gasteiger partial charge is 0.316 e. The van der Waals surface area contributed by atoms with Crippen LogP contribution in [0, 0.1) is 20.2 Å². The summed E-state index contributed by atoms with van der Waals surface area (Å²) in [6.45, 7) is 0. The maximum atomic E-state index is 13.1. The summed E-state index contributed by atoms with van der Waals surface area (Å²) in [6, 6.07) is 18.0. The van der Waals surface area contributed by atoms with Crippen molar-refractivity contribution in [2.24, 2.45) is 0 Å². The Labute approximate surface area is 198 Å². The van der Waals surface area contributed by atoms with Crippen LogP contribution in [0.5, 0.6) is 0 Å². The minimum absolute atomic E-state index is 0.0976. The van der Waals surface area contributed by atoms with E-state index in [0.717, 1.165) is 4.90 Å². The van der Waals surface area contributed by atoms with Crippen molar-refractivity contribution in [3.8, 4) is 0 Å². The number of hydrogen-bond donors (Lipinski definition) is 2. The van der Waals surface area contributed by atoms with E-state index in [1.54, 1.807) is 24.3 Å². The molecule has 0 aromatic heterocycles. The van der Waals surface area contributed by atoms with Crippen LogP contribution < -0.4 is 10.6 Å². The number of anilines is 2. The zero-order chi connectivity index (χ0) is 24.7. The van der Waals surface area contributed by atoms with E-state index in [1.165, 1.54) is 66.4 Å². The number of thioether (sulfide) groups is 1. The Morgan fingerprint density at radius 3 is 1.62 bits per heavy atom. The van der Waals surface area contributed by atoms with Crippen molar-refractivity contribution in [1.82, 2.24) is 0 Å². The normalized spacial score (nSPS) is 10.1. The zero-order valence-electron chi connectivity index (χ0n) is 17.8. The highest BCUT2D eigenvalue weighted by molar-refractivity contribution is 7.98. The van der Waals surface area contributed by atoms with E-state index in [-0.39, 0.29) is 22.7 Å². The van der Waals surface area contributed by atoms with Gasteiger partial charge in [-0.3, -0.25) is 29.8 Å². The molecule has 3 rings (SSSR count). The molecule has 0 radical (unpaired) electrons. The standard InChI is InChI=1S/C23H18N4O6S/c1-34-16-12-10-15(11-13-16)14-17(22(28)24-18-6-2-4-8-20(18)26(30)31)23(29)25-19-7-3-5-9-21(19)27(32)33/h2-14H,1H3,(H,24,28)(H,25,29). The number of para-hydroxylation sites is 4. The zero-order valence-corrected chi connectivity index (χ0v) is 18.6. The second kappa shape index (κ2) is 10.9. The Hall–Kier alpha value is -4.51. The van der Waals surface area contributed by atoms with Gasteiger partial charge >= 0.3 is 0 Å². The number of hydrogen-bond acceptors (Lipinski definition) is 7. The number of benzene rings is 3. The number of nitrogens with one attached hydrogen (secondary N) is 2. The molecule has 0 aliphatic rings. The quantitative estimate of drug-likeness (QED) is 0.117. The molecule has 0 saturated carbocycles. The minimum Gasteiger partial charge on any atom is -0.316 e. The van der Waals surface area contributed by atoms with Gasteiger partial charge in [0.2, 0.25) is 0 Å². The number of nitro benzene ring substituents is 2. The van der Waals surface area contributed by atoms with Crippen LogP contribution in [0.2, 0.25) is 0 Å². The van der Waals surface area contributed by atoms with Gasteiger partial charge in [-0.15, -0.1) is 11.8 Å². The second-order valence-electron chi connectivity index (χ2n) is 6.79. The number of nitrogens with zero attached hydrogens (tertiary/aromatic N) is 2. The van der Waals surface area contributed by atoms with Crippen LogP contribution in [0.4, 0.5) is 22.7 Å². The fraction of sp³-hybridized carbons (Fsp3) is 0.0435. The molecule has 2 amide bonds. The maximum Gasteiger partial charge on any atom is 0.292 e. The summed E-state index contributed by atoms with van der Waals surface area (Å²) in [7, 11) is 0. The van der Waals surface area contributed by atoms with Crippen LogP contribution in [0.25, 0.3) is 6.08 Å². The molecule has 3 aromatic rings. The van der Waals surface area contributed by atoms with E-state index >= 15 is 0 Å². The van der Waals surface area contributed by atoms with E-state index in [2.05, 4.69) is 10.6 Å². The van der Waals surface area contributed by atoms with Gasteiger partial charge in [-0.25, -0.2) is 0 Å². The first kappa shape index (κ1) is 24.1. The molecule has 2 N–H and O–H groups in total. The van der Waals surface area contributed by atoms with Crippen LogP contribution in [-0.2, 0) is 9.59 Å². The second-order valence-corrected chi connectivity index (χ2v) is 7.67. The number of carbonyl (C=O) groups excluding carboxylic acids is 2. The van der Waals surface area contributed by atoms with Gasteiger partial charge in [0.05, 0.1) is 9.85 Å². The first-order valence-electron chi connectivity index (χ1n) is 9.75. The van der Waals surface area contributed by atoms with Crippen molar-refractivity contribution >= 4 is 52.4 Å². The Morgan fingerprint density at radius 1 is 0.765 bits per heavy atom. The fourth-order valence-electron chi connectivity index (χ4n) is 2.96. The molecule has 0 aliphatic heterocycles. The number of carbonyl (C=O) groups is 2. The third-order valence-electron chi connectivity index (χ3n) is 4.61. The lowest BCUT2D eigenvalue weighted by atomic mass is 10.1. The van der Waals surface area contributed by atoms with Gasteiger partial charge in [-0.2, -0.15) is 0 Å². The van der Waals surface area contributed by atoms with Crippen molar-refractivity contribution in [2.45, 2.75) is 4.90 Å². The molecule has 0 saturated heterocycles. The first-order chi connectivity index (χ1) is 16.3. The number of nitro groups is 2. The number of amides is 2. The monoisotopic (exact) mass is 478 g/mol. The third kappa shape index (κ3) is 5.84. The summed E-state index contributed by atoms with van der Waals surface area (Å²) in [4.78, 5) is 48.4. The van der Waals surface area contributed by atoms with Gasteiger partial charge in [-0.05, 0) is 42.2 Å². The highest BCUT2D eigenvalue weighted by atomic mass is 32.2. The molecule has 3 aromatic carbocycles. The third-order valence-corrected chi connectivity index (χ3v) is 5.36. The van der Waals surface area contributed by atoms with E-state index in [4.69, 9.17) is 0 Å². The van der Waals surface area contributed by atoms with Crippen molar-refractivity contribution in [1.29, 1.82) is 0 Å². The van der Waals surface area contributed by atoms with Crippen molar-refractivity contribution < 1.29 is 19.4 Å². The van der Waals surface area contributed by atoms with E-state index in [1.807, 2.05) is 6.26 Å². The molecule has 0 bridgehead atoms. The summed E-state index contributed by atoms with van der Waals surface area (Å²) < 4.78 is 0. The molecule has 11 heteroatoms. The molecular weight excluding hydrogens is 460 g/mol. The lowest BCUT2D eigenvalue weighted by molar-refractivity contribution is -0.384. The topological polar surface area (TPSA) is 144 Å². The maximum absolute atomic E-state index is 13.1. The molecule has 172 valence electrons. The fourth-order valence-corrected chi connectivity index (χ4v) is 3.37. The molecule has 0 atom stereocenters. The van der Waals surface area contributed by atoms with E-state index < -0.39 is 27.2 Å². The summed E-state index contributed by atoms with van der Waals surface area (Å²) >= 11 is 1.51. The molecule has 0 aliphatic carbocycles. The summed E-state index contributed by atoms with van der Waals surface area (Å²) in [5.41, 5.74) is -0.770. The van der Waals surface area contributed by atoms with Gasteiger partial charge < -0.3 is 10.6 Å². The minimum atomic E-state index is -0.917. The van der Waals surface area contributed by atoms with Crippen molar-refractivity contribution in [2.75, 3.05) is 16.9 Å². The molecule has 0 heterocycles. The first-order valence-corrected chi connectivity index (χ1v) is 11.0. The molecule has 34 heavy (non-hydrogen) atoms. The molecule has 0 unspecified atom stereocenters. The van der Waals surface area contributed by atoms with Crippen LogP contribution in [0.15, 0.2) is 83.3 Å². The Kier molecular flexibility index (Phi) is 7.72. The van der Waals surface area contributed by atoms with E-state index in [0.29, 0.717) is 5.56 Å². The summed E-state index contributed by atoms with van der Waals surface area (Å²) in [5, 5.41) is 27.4. The van der Waals surface area contributed by atoms with Crippen LogP contribution in [-0.4, -0.2) is 27.9 Å². The smallest absolute Gasteiger partial charge is 0.292 e. The van der Waals surface area contributed by atoms with Gasteiger partial charge in [0.15, 0.2) is 0 Å². The van der Waals surface area contributed by atoms with Crippen molar-refractivity contribution in [3.63, 3.8) is 0 Å². The van der Waals surface area contributed by atoms with Gasteiger partial charge in [0, 0.05) is 17.0 Å². The van der Waals surface area contributed by atoms with Gasteiger partial charge in [0.1, 0.15) is 16.9 Å². The van der Waals surface area contributed by atoms with Crippen LogP contribution in [0.1, 0.15) is 5.56 Å². The van der Waals surface area contributed by atoms with Crippen LogP contribution >= 0.6 is 11.8 Å². The van der Waals surface area contributed by atoms with Gasteiger partial charge in [-0.1, -0.05) is 36.4 Å².